The smallest absolute Gasteiger partial charge is 0.407 e. The molecule has 1 amide bonds. The maximum absolute atomic E-state index is 12.5. The first-order valence-corrected chi connectivity index (χ1v) is 11.6. The molecule has 0 unspecified atom stereocenters. The Balaban J connectivity index is 2.21. The lowest BCUT2D eigenvalue weighted by atomic mass is 9.90. The number of benzene rings is 2. The molecule has 1 heterocycles. The third-order valence-electron chi connectivity index (χ3n) is 5.39. The number of aryl methyl sites for hydroxylation is 1. The fourth-order valence-electron chi connectivity index (χ4n) is 3.90. The van der Waals surface area contributed by atoms with Crippen LogP contribution in [-0.2, 0) is 24.1 Å². The van der Waals surface area contributed by atoms with Crippen LogP contribution in [0.4, 0.5) is 4.79 Å². The zero-order chi connectivity index (χ0) is 24.2. The average molecular weight is 447 g/mol. The van der Waals surface area contributed by atoms with E-state index >= 15 is 0 Å². The fourth-order valence-corrected chi connectivity index (χ4v) is 3.90. The lowest BCUT2D eigenvalue weighted by Gasteiger charge is -2.22. The number of ether oxygens (including phenoxy) is 1. The topological polar surface area (TPSA) is 68.3 Å². The molecule has 0 fully saturated rings. The van der Waals surface area contributed by atoms with Crippen molar-refractivity contribution in [1.29, 1.82) is 0 Å². The monoisotopic (exact) mass is 446 g/mol. The summed E-state index contributed by atoms with van der Waals surface area (Å²) in [5.41, 5.74) is 6.04. The van der Waals surface area contributed by atoms with Gasteiger partial charge in [-0.15, -0.1) is 0 Å². The van der Waals surface area contributed by atoms with Crippen molar-refractivity contribution < 1.29 is 14.3 Å². The number of amides is 1. The first-order chi connectivity index (χ1) is 15.6. The Kier molecular flexibility index (Phi) is 7.52. The summed E-state index contributed by atoms with van der Waals surface area (Å²) in [6, 6.07) is 14.0. The van der Waals surface area contributed by atoms with Crippen LogP contribution < -0.4 is 5.32 Å². The average Bonchev–Trinajstić information content (AvgIpc) is 2.75. The Morgan fingerprint density at radius 1 is 1.12 bits per heavy atom. The first-order valence-electron chi connectivity index (χ1n) is 11.6. The summed E-state index contributed by atoms with van der Waals surface area (Å²) in [5, 5.41) is 3.82. The number of aldehydes is 1. The van der Waals surface area contributed by atoms with Crippen LogP contribution in [0.5, 0.6) is 0 Å². The molecule has 2 aromatic carbocycles. The molecule has 1 N–H and O–H groups in total. The van der Waals surface area contributed by atoms with E-state index in [0.717, 1.165) is 52.4 Å². The van der Waals surface area contributed by atoms with E-state index in [0.29, 0.717) is 11.5 Å². The molecule has 174 valence electrons. The van der Waals surface area contributed by atoms with Gasteiger partial charge in [0.2, 0.25) is 0 Å². The predicted molar refractivity (Wildman–Crippen MR) is 134 cm³/mol. The predicted octanol–water partition coefficient (Wildman–Crippen LogP) is 6.50. The van der Waals surface area contributed by atoms with Gasteiger partial charge < -0.3 is 10.1 Å². The van der Waals surface area contributed by atoms with Crippen molar-refractivity contribution in [3.8, 4) is 11.1 Å². The van der Waals surface area contributed by atoms with Crippen LogP contribution in [0.25, 0.3) is 22.0 Å². The zero-order valence-electron chi connectivity index (χ0n) is 20.5. The normalized spacial score (nSPS) is 11.6. The molecule has 5 nitrogen and oxygen atoms in total. The quantitative estimate of drug-likeness (QED) is 0.421. The summed E-state index contributed by atoms with van der Waals surface area (Å²) in [6.07, 6.45) is 2.12. The van der Waals surface area contributed by atoms with Crippen LogP contribution in [0, 0.1) is 5.92 Å². The second-order valence-electron chi connectivity index (χ2n) is 9.81. The highest BCUT2D eigenvalue weighted by Gasteiger charge is 2.21. The van der Waals surface area contributed by atoms with Crippen molar-refractivity contribution in [3.63, 3.8) is 0 Å². The number of carbonyl (C=O) groups excluding carboxylic acids is 2. The molecule has 0 spiro atoms. The largest absolute Gasteiger partial charge is 0.444 e. The SMILES string of the molecule is CCc1ccc(-c2c(CNC(=O)OC(C)(C)C)c(CC(C)C)nc3ccc(C=O)cc23)cc1. The number of carbonyl (C=O) groups is 2. The number of fused-ring (bicyclic) bond motifs is 1. The number of hydrogen-bond acceptors (Lipinski definition) is 4. The molecule has 0 aliphatic heterocycles. The molecular formula is C28H34N2O3. The summed E-state index contributed by atoms with van der Waals surface area (Å²) in [4.78, 5) is 28.9. The number of alkyl carbamates (subject to hydrolysis) is 1. The van der Waals surface area contributed by atoms with Gasteiger partial charge in [0, 0.05) is 28.8 Å². The molecule has 0 atom stereocenters. The van der Waals surface area contributed by atoms with Crippen molar-refractivity contribution in [3.05, 3.63) is 64.8 Å². The zero-order valence-corrected chi connectivity index (χ0v) is 20.5. The lowest BCUT2D eigenvalue weighted by molar-refractivity contribution is 0.0523. The maximum atomic E-state index is 12.5. The van der Waals surface area contributed by atoms with Gasteiger partial charge in [-0.3, -0.25) is 9.78 Å². The van der Waals surface area contributed by atoms with E-state index in [1.165, 1.54) is 5.56 Å². The molecule has 0 saturated heterocycles. The number of nitrogens with zero attached hydrogens (tertiary/aromatic N) is 1. The summed E-state index contributed by atoms with van der Waals surface area (Å²) in [5.74, 6) is 0.389. The van der Waals surface area contributed by atoms with Crippen molar-refractivity contribution in [1.82, 2.24) is 10.3 Å². The van der Waals surface area contributed by atoms with Crippen LogP contribution >= 0.6 is 0 Å². The Bertz CT molecular complexity index is 1140. The van der Waals surface area contributed by atoms with Gasteiger partial charge in [0.05, 0.1) is 5.52 Å². The number of nitrogens with one attached hydrogen (secondary N) is 1. The van der Waals surface area contributed by atoms with Gasteiger partial charge in [0.25, 0.3) is 0 Å². The highest BCUT2D eigenvalue weighted by atomic mass is 16.6. The molecule has 5 heteroatoms. The third-order valence-corrected chi connectivity index (χ3v) is 5.39. The van der Waals surface area contributed by atoms with Crippen molar-refractivity contribution in [2.24, 2.45) is 5.92 Å². The Hall–Kier alpha value is -3.21. The van der Waals surface area contributed by atoms with Crippen molar-refractivity contribution in [2.75, 3.05) is 0 Å². The molecule has 3 rings (SSSR count). The highest BCUT2D eigenvalue weighted by Crippen LogP contribution is 2.35. The molecule has 0 aliphatic carbocycles. The lowest BCUT2D eigenvalue weighted by Crippen LogP contribution is -2.32. The Morgan fingerprint density at radius 3 is 2.39 bits per heavy atom. The van der Waals surface area contributed by atoms with E-state index in [1.807, 2.05) is 32.9 Å². The van der Waals surface area contributed by atoms with Crippen LogP contribution in [0.3, 0.4) is 0 Å². The van der Waals surface area contributed by atoms with Gasteiger partial charge in [-0.1, -0.05) is 45.0 Å². The molecule has 0 aliphatic rings. The molecule has 3 aromatic rings. The van der Waals surface area contributed by atoms with Crippen LogP contribution in [0.1, 0.15) is 68.7 Å². The minimum absolute atomic E-state index is 0.288. The summed E-state index contributed by atoms with van der Waals surface area (Å²) >= 11 is 0. The van der Waals surface area contributed by atoms with Crippen LogP contribution in [0.2, 0.25) is 0 Å². The number of aromatic nitrogens is 1. The van der Waals surface area contributed by atoms with Gasteiger partial charge >= 0.3 is 6.09 Å². The summed E-state index contributed by atoms with van der Waals surface area (Å²) in [7, 11) is 0. The molecular weight excluding hydrogens is 412 g/mol. The van der Waals surface area contributed by atoms with E-state index in [2.05, 4.69) is 50.4 Å². The van der Waals surface area contributed by atoms with E-state index < -0.39 is 11.7 Å². The second-order valence-corrected chi connectivity index (χ2v) is 9.81. The van der Waals surface area contributed by atoms with E-state index in [1.54, 1.807) is 6.07 Å². The highest BCUT2D eigenvalue weighted by molar-refractivity contribution is 5.99. The van der Waals surface area contributed by atoms with Gasteiger partial charge in [0.15, 0.2) is 0 Å². The van der Waals surface area contributed by atoms with Gasteiger partial charge in [0.1, 0.15) is 11.9 Å². The minimum atomic E-state index is -0.579. The van der Waals surface area contributed by atoms with Crippen LogP contribution in [0.15, 0.2) is 42.5 Å². The Morgan fingerprint density at radius 2 is 1.82 bits per heavy atom. The first kappa shape index (κ1) is 24.4. The van der Waals surface area contributed by atoms with E-state index in [4.69, 9.17) is 9.72 Å². The van der Waals surface area contributed by atoms with Crippen LogP contribution in [-0.4, -0.2) is 23.0 Å². The standard InChI is InChI=1S/C28H34N2O3/c1-7-19-8-11-21(12-9-19)26-22-15-20(17-31)10-13-24(22)30-25(14-18(2)3)23(26)16-29-27(32)33-28(4,5)6/h8-13,15,17-18H,7,14,16H2,1-6H3,(H,29,32). The number of pyridine rings is 1. The minimum Gasteiger partial charge on any atom is -0.444 e. The second kappa shape index (κ2) is 10.2. The molecule has 0 saturated carbocycles. The number of hydrogen-bond donors (Lipinski definition) is 1. The van der Waals surface area contributed by atoms with Gasteiger partial charge in [-0.05, 0) is 74.4 Å². The molecule has 1 aromatic heterocycles. The maximum Gasteiger partial charge on any atom is 0.407 e. The van der Waals surface area contributed by atoms with E-state index in [-0.39, 0.29) is 6.54 Å². The molecule has 33 heavy (non-hydrogen) atoms. The fraction of sp³-hybridized carbons (Fsp3) is 0.393. The van der Waals surface area contributed by atoms with Gasteiger partial charge in [-0.25, -0.2) is 4.79 Å². The summed E-state index contributed by atoms with van der Waals surface area (Å²) in [6.45, 7) is 12.3. The number of rotatable bonds is 7. The molecule has 0 bridgehead atoms. The molecule has 0 radical (unpaired) electrons. The van der Waals surface area contributed by atoms with E-state index in [9.17, 15) is 9.59 Å². The van der Waals surface area contributed by atoms with Gasteiger partial charge in [-0.2, -0.15) is 0 Å². The third kappa shape index (κ3) is 6.19. The van der Waals surface area contributed by atoms with Crippen molar-refractivity contribution in [2.45, 2.75) is 66.5 Å². The summed E-state index contributed by atoms with van der Waals surface area (Å²) < 4.78 is 5.46. The Labute approximate surface area is 196 Å². The van der Waals surface area contributed by atoms with Crippen molar-refractivity contribution >= 4 is 23.3 Å².